The van der Waals surface area contributed by atoms with E-state index >= 15 is 0 Å². The lowest BCUT2D eigenvalue weighted by Crippen LogP contribution is -2.47. The Labute approximate surface area is 203 Å². The van der Waals surface area contributed by atoms with Crippen LogP contribution in [-0.4, -0.2) is 65.6 Å². The fraction of sp³-hybridized carbons (Fsp3) is 0.609. The molecule has 11 heteroatoms. The van der Waals surface area contributed by atoms with Crippen molar-refractivity contribution in [3.8, 4) is 0 Å². The van der Waals surface area contributed by atoms with Crippen molar-refractivity contribution in [2.75, 3.05) is 29.9 Å². The molecule has 34 heavy (non-hydrogen) atoms. The molecule has 3 fully saturated rings. The molecule has 2 aliphatic heterocycles. The van der Waals surface area contributed by atoms with Gasteiger partial charge in [0, 0.05) is 43.1 Å². The van der Waals surface area contributed by atoms with Crippen LogP contribution >= 0.6 is 11.5 Å². The zero-order chi connectivity index (χ0) is 24.0. The predicted octanol–water partition coefficient (Wildman–Crippen LogP) is 3.42. The normalized spacial score (nSPS) is 22.1. The van der Waals surface area contributed by atoms with Crippen molar-refractivity contribution in [1.29, 1.82) is 0 Å². The summed E-state index contributed by atoms with van der Waals surface area (Å²) in [7, 11) is -3.45. The van der Waals surface area contributed by atoms with Crippen LogP contribution < -0.4 is 10.2 Å². The quantitative estimate of drug-likeness (QED) is 0.614. The first-order valence-electron chi connectivity index (χ1n) is 11.9. The molecule has 1 atom stereocenters. The largest absolute Gasteiger partial charge is 0.371 e. The minimum Gasteiger partial charge on any atom is -0.371 e. The van der Waals surface area contributed by atoms with Gasteiger partial charge in [0.15, 0.2) is 9.84 Å². The average molecular weight is 508 g/mol. The van der Waals surface area contributed by atoms with Gasteiger partial charge in [-0.15, -0.1) is 0 Å². The Morgan fingerprint density at radius 2 is 1.85 bits per heavy atom. The van der Waals surface area contributed by atoms with Crippen LogP contribution in [0.25, 0.3) is 0 Å². The maximum absolute atomic E-state index is 14.7. The highest BCUT2D eigenvalue weighted by Crippen LogP contribution is 2.35. The lowest BCUT2D eigenvalue weighted by Gasteiger charge is -2.36. The highest BCUT2D eigenvalue weighted by molar-refractivity contribution is 7.92. The van der Waals surface area contributed by atoms with Gasteiger partial charge in [0.1, 0.15) is 17.7 Å². The van der Waals surface area contributed by atoms with E-state index in [9.17, 15) is 17.6 Å². The molecule has 0 radical (unpaired) electrons. The SMILES string of the molecule is CC(C)c1nsc(N2CCC(N3CC[C@H](Nc4ccc(S(=O)(=O)C5CC5)cc4F)C3=O)CC2)n1. The molecule has 1 aliphatic carbocycles. The minimum atomic E-state index is -3.45. The third kappa shape index (κ3) is 4.51. The maximum atomic E-state index is 14.7. The monoisotopic (exact) mass is 507 g/mol. The molecule has 2 saturated heterocycles. The summed E-state index contributed by atoms with van der Waals surface area (Å²) in [4.78, 5) is 21.9. The maximum Gasteiger partial charge on any atom is 0.245 e. The summed E-state index contributed by atoms with van der Waals surface area (Å²) in [6.45, 7) is 6.44. The molecule has 1 saturated carbocycles. The standard InChI is InChI=1S/C23H30FN5O3S2/c1-14(2)21-26-23(33-27-21)28-10-7-15(8-11-28)29-12-9-20(22(29)30)25-19-6-5-17(13-18(19)24)34(31,32)16-3-4-16/h5-6,13-16,20,25H,3-4,7-12H2,1-2H3/t20-/m0/s1. The number of likely N-dealkylation sites (tertiary alicyclic amines) is 1. The number of amides is 1. The summed E-state index contributed by atoms with van der Waals surface area (Å²) in [6.07, 6.45) is 3.58. The molecule has 8 nitrogen and oxygen atoms in total. The number of halogens is 1. The van der Waals surface area contributed by atoms with Gasteiger partial charge in [-0.2, -0.15) is 4.37 Å². The van der Waals surface area contributed by atoms with Crippen molar-refractivity contribution in [1.82, 2.24) is 14.3 Å². The molecule has 1 aromatic heterocycles. The van der Waals surface area contributed by atoms with E-state index in [2.05, 4.69) is 33.4 Å². The van der Waals surface area contributed by atoms with Gasteiger partial charge in [-0.05, 0) is 50.3 Å². The lowest BCUT2D eigenvalue weighted by molar-refractivity contribution is -0.130. The molecule has 1 amide bonds. The van der Waals surface area contributed by atoms with Crippen LogP contribution in [-0.2, 0) is 14.6 Å². The zero-order valence-corrected chi connectivity index (χ0v) is 21.0. The molecule has 5 rings (SSSR count). The Bertz CT molecular complexity index is 1170. The van der Waals surface area contributed by atoms with E-state index < -0.39 is 21.7 Å². The van der Waals surface area contributed by atoms with E-state index in [0.29, 0.717) is 31.7 Å². The van der Waals surface area contributed by atoms with Crippen LogP contribution in [0, 0.1) is 5.82 Å². The molecule has 2 aromatic rings. The highest BCUT2D eigenvalue weighted by atomic mass is 32.2. The average Bonchev–Trinajstić information content (AvgIpc) is 3.46. The van der Waals surface area contributed by atoms with E-state index in [1.807, 2.05) is 4.90 Å². The Kier molecular flexibility index (Phi) is 6.26. The molecule has 0 spiro atoms. The molecule has 1 N–H and O–H groups in total. The van der Waals surface area contributed by atoms with E-state index in [1.54, 1.807) is 0 Å². The van der Waals surface area contributed by atoms with Crippen molar-refractivity contribution in [2.24, 2.45) is 0 Å². The smallest absolute Gasteiger partial charge is 0.245 e. The van der Waals surface area contributed by atoms with Gasteiger partial charge < -0.3 is 15.1 Å². The predicted molar refractivity (Wildman–Crippen MR) is 130 cm³/mol. The number of carbonyl (C=O) groups excluding carboxylic acids is 1. The summed E-state index contributed by atoms with van der Waals surface area (Å²) in [5, 5.41) is 3.57. The topological polar surface area (TPSA) is 95.5 Å². The number of nitrogens with one attached hydrogen (secondary N) is 1. The second kappa shape index (κ2) is 9.07. The number of hydrogen-bond acceptors (Lipinski definition) is 8. The minimum absolute atomic E-state index is 0.0140. The van der Waals surface area contributed by atoms with E-state index in [1.165, 1.54) is 23.7 Å². The number of aromatic nitrogens is 2. The van der Waals surface area contributed by atoms with Gasteiger partial charge in [0.05, 0.1) is 15.8 Å². The number of rotatable bonds is 7. The molecule has 3 aliphatic rings. The van der Waals surface area contributed by atoms with Gasteiger partial charge in [-0.25, -0.2) is 17.8 Å². The second-order valence-electron chi connectivity index (χ2n) is 9.71. The third-order valence-corrected chi connectivity index (χ3v) is 9.98. The van der Waals surface area contributed by atoms with Gasteiger partial charge >= 0.3 is 0 Å². The number of anilines is 2. The van der Waals surface area contributed by atoms with Crippen LogP contribution in [0.2, 0.25) is 0 Å². The van der Waals surface area contributed by atoms with Crippen LogP contribution in [0.4, 0.5) is 15.2 Å². The molecular formula is C23H30FN5O3S2. The zero-order valence-electron chi connectivity index (χ0n) is 19.4. The van der Waals surface area contributed by atoms with Crippen molar-refractivity contribution >= 4 is 38.1 Å². The Balaban J connectivity index is 1.18. The fourth-order valence-corrected chi connectivity index (χ4v) is 7.23. The number of hydrogen-bond donors (Lipinski definition) is 1. The van der Waals surface area contributed by atoms with Crippen molar-refractivity contribution in [3.63, 3.8) is 0 Å². The highest BCUT2D eigenvalue weighted by Gasteiger charge is 2.39. The van der Waals surface area contributed by atoms with Gasteiger partial charge in [0.2, 0.25) is 11.0 Å². The summed E-state index contributed by atoms with van der Waals surface area (Å²) in [5.41, 5.74) is 0.169. The molecular weight excluding hydrogens is 477 g/mol. The number of carbonyl (C=O) groups is 1. The lowest BCUT2D eigenvalue weighted by atomic mass is 10.0. The Morgan fingerprint density at radius 1 is 1.12 bits per heavy atom. The number of benzene rings is 1. The first-order chi connectivity index (χ1) is 16.2. The van der Waals surface area contributed by atoms with Crippen LogP contribution in [0.3, 0.4) is 0 Å². The fourth-order valence-electron chi connectivity index (χ4n) is 4.70. The summed E-state index contributed by atoms with van der Waals surface area (Å²) in [6, 6.07) is 3.59. The molecule has 3 heterocycles. The van der Waals surface area contributed by atoms with E-state index in [0.717, 1.165) is 43.0 Å². The van der Waals surface area contributed by atoms with Crippen LogP contribution in [0.5, 0.6) is 0 Å². The third-order valence-electron chi connectivity index (χ3n) is 6.93. The van der Waals surface area contributed by atoms with E-state index in [4.69, 9.17) is 0 Å². The molecule has 184 valence electrons. The number of nitrogens with zero attached hydrogens (tertiary/aromatic N) is 4. The van der Waals surface area contributed by atoms with Gasteiger partial charge in [0.25, 0.3) is 0 Å². The van der Waals surface area contributed by atoms with E-state index in [-0.39, 0.29) is 27.8 Å². The second-order valence-corrected chi connectivity index (χ2v) is 12.7. The molecule has 1 aromatic carbocycles. The Hall–Kier alpha value is -2.27. The number of sulfone groups is 1. The first-order valence-corrected chi connectivity index (χ1v) is 14.2. The molecule has 0 unspecified atom stereocenters. The Morgan fingerprint density at radius 3 is 2.47 bits per heavy atom. The van der Waals surface area contributed by atoms with Crippen LogP contribution in [0.15, 0.2) is 23.1 Å². The summed E-state index contributed by atoms with van der Waals surface area (Å²) < 4.78 is 43.8. The molecule has 0 bridgehead atoms. The van der Waals surface area contributed by atoms with Gasteiger partial charge in [-0.3, -0.25) is 4.79 Å². The van der Waals surface area contributed by atoms with Crippen molar-refractivity contribution in [3.05, 3.63) is 29.8 Å². The first kappa shape index (κ1) is 23.5. The van der Waals surface area contributed by atoms with Gasteiger partial charge in [-0.1, -0.05) is 13.8 Å². The van der Waals surface area contributed by atoms with Crippen molar-refractivity contribution in [2.45, 2.75) is 74.1 Å². The van der Waals surface area contributed by atoms with Crippen molar-refractivity contribution < 1.29 is 17.6 Å². The van der Waals surface area contributed by atoms with Crippen LogP contribution in [0.1, 0.15) is 57.7 Å². The summed E-state index contributed by atoms with van der Waals surface area (Å²) >= 11 is 1.43. The number of piperidine rings is 1. The summed E-state index contributed by atoms with van der Waals surface area (Å²) in [5.74, 6) is 0.513.